The summed E-state index contributed by atoms with van der Waals surface area (Å²) in [6, 6.07) is 19.6. The van der Waals surface area contributed by atoms with E-state index in [0.717, 1.165) is 61.6 Å². The molecule has 8 heteroatoms. The second kappa shape index (κ2) is 32.5. The van der Waals surface area contributed by atoms with Gasteiger partial charge in [0.15, 0.2) is 6.10 Å². The molecule has 0 aliphatic heterocycles. The Morgan fingerprint density at radius 1 is 0.841 bits per heavy atom. The van der Waals surface area contributed by atoms with Gasteiger partial charge in [-0.2, -0.15) is 0 Å². The molecule has 0 fully saturated rings. The van der Waals surface area contributed by atoms with Crippen molar-refractivity contribution < 1.29 is 50.1 Å². The van der Waals surface area contributed by atoms with Gasteiger partial charge in [0.2, 0.25) is 0 Å². The predicted octanol–water partition coefficient (Wildman–Crippen LogP) is 8.39. The molecule has 2 aromatic carbocycles. The van der Waals surface area contributed by atoms with E-state index in [9.17, 15) is 9.59 Å². The molecular formula is C36H44FeO7. The molecule has 0 bridgehead atoms. The molecule has 0 radical (unpaired) electrons. The monoisotopic (exact) mass is 644 g/mol. The molecule has 2 rings (SSSR count). The minimum absolute atomic E-state index is 0. The molecule has 0 saturated heterocycles. The first-order valence-corrected chi connectivity index (χ1v) is 13.7. The van der Waals surface area contributed by atoms with Crippen LogP contribution in [-0.2, 0) is 50.1 Å². The van der Waals surface area contributed by atoms with Gasteiger partial charge in [-0.1, -0.05) is 112 Å². The predicted molar refractivity (Wildman–Crippen MR) is 164 cm³/mol. The van der Waals surface area contributed by atoms with E-state index >= 15 is 0 Å². The number of hydrogen-bond donors (Lipinski definition) is 0. The maximum Gasteiger partial charge on any atom is 2.00 e. The van der Waals surface area contributed by atoms with E-state index in [4.69, 9.17) is 23.4 Å². The fraction of sp³-hybridized carbons (Fsp3) is 0.389. The molecule has 0 heterocycles. The molecule has 238 valence electrons. The van der Waals surface area contributed by atoms with Crippen LogP contribution in [-0.4, -0.2) is 18.5 Å². The van der Waals surface area contributed by atoms with E-state index in [2.05, 4.69) is 46.8 Å². The fourth-order valence-corrected chi connectivity index (χ4v) is 4.58. The van der Waals surface area contributed by atoms with Crippen molar-refractivity contribution in [2.75, 3.05) is 0 Å². The molecule has 44 heavy (non-hydrogen) atoms. The number of rotatable bonds is 16. The minimum atomic E-state index is -0.444. The van der Waals surface area contributed by atoms with Crippen molar-refractivity contribution >= 4 is 12.4 Å². The normalized spacial score (nSPS) is 11.4. The van der Waals surface area contributed by atoms with E-state index in [1.165, 1.54) is 5.57 Å². The summed E-state index contributed by atoms with van der Waals surface area (Å²) >= 11 is 0. The van der Waals surface area contributed by atoms with Crippen LogP contribution in [0.2, 0.25) is 0 Å². The van der Waals surface area contributed by atoms with Crippen molar-refractivity contribution in [1.82, 2.24) is 0 Å². The van der Waals surface area contributed by atoms with Crippen LogP contribution in [0, 0.1) is 33.3 Å². The van der Waals surface area contributed by atoms with Gasteiger partial charge < -0.3 is 21.7 Å². The maximum absolute atomic E-state index is 12.8. The summed E-state index contributed by atoms with van der Waals surface area (Å²) in [4.78, 5) is 23.3. The van der Waals surface area contributed by atoms with E-state index in [-0.39, 0.29) is 36.6 Å². The number of allylic oxidation sites excluding steroid dienone is 3. The number of hydrogen-bond acceptors (Lipinski definition) is 4. The number of carbonyl (C=O) groups is 1. The van der Waals surface area contributed by atoms with Gasteiger partial charge in [-0.15, -0.1) is 0 Å². The zero-order valence-corrected chi connectivity index (χ0v) is 27.4. The molecule has 0 amide bonds. The Morgan fingerprint density at radius 2 is 1.32 bits per heavy atom. The molecule has 0 N–H and O–H groups in total. The van der Waals surface area contributed by atoms with Crippen molar-refractivity contribution in [2.45, 2.75) is 84.8 Å². The van der Waals surface area contributed by atoms with Gasteiger partial charge in [-0.25, -0.2) is 4.79 Å². The fourth-order valence-electron chi connectivity index (χ4n) is 4.58. The van der Waals surface area contributed by atoms with Gasteiger partial charge >= 0.3 is 56.9 Å². The van der Waals surface area contributed by atoms with Gasteiger partial charge in [0.05, 0.1) is 6.10 Å². The smallest absolute Gasteiger partial charge is 0.358 e. The molecule has 7 nitrogen and oxygen atoms in total. The van der Waals surface area contributed by atoms with Crippen LogP contribution in [0.1, 0.15) is 89.9 Å². The molecule has 2 aromatic rings. The van der Waals surface area contributed by atoms with Crippen LogP contribution in [0.25, 0.3) is 0 Å². The number of carbonyl (C=O) groups excluding carboxylic acids is 2. The Labute approximate surface area is 275 Å². The molecular weight excluding hydrogens is 600 g/mol. The van der Waals surface area contributed by atoms with E-state index in [0.29, 0.717) is 5.92 Å². The summed E-state index contributed by atoms with van der Waals surface area (Å²) < 4.78 is 33.4. The minimum Gasteiger partial charge on any atom is -0.358 e. The average molecular weight is 645 g/mol. The zero-order chi connectivity index (χ0) is 32.2. The van der Waals surface area contributed by atoms with Crippen molar-refractivity contribution in [3.8, 4) is 0 Å². The Hall–Kier alpha value is -3.40. The summed E-state index contributed by atoms with van der Waals surface area (Å²) in [5.41, 5.74) is 4.02. The molecule has 2 atom stereocenters. The van der Waals surface area contributed by atoms with Crippen molar-refractivity contribution in [2.24, 2.45) is 5.92 Å². The van der Waals surface area contributed by atoms with Gasteiger partial charge in [-0.05, 0) is 62.1 Å². The van der Waals surface area contributed by atoms with E-state index in [1.807, 2.05) is 67.6 Å². The number of esters is 1. The molecule has 0 unspecified atom stereocenters. The summed E-state index contributed by atoms with van der Waals surface area (Å²) in [5, 5.41) is 0. The SMILES string of the molecule is CCC[C@H](CCCC[C@@H](C)C/C(C)=C/C(C)=C/C(=O)OC(c1ccccc1)c1ccccc1)O[C-]=O.[C-]#[O+].[C-]#[O+].[C-]#[O+].[CH3-].[Fe+2]. The first-order valence-electron chi connectivity index (χ1n) is 13.7. The number of ether oxygens (including phenoxy) is 2. The summed E-state index contributed by atoms with van der Waals surface area (Å²) in [6.45, 7) is 23.5. The van der Waals surface area contributed by atoms with Crippen LogP contribution in [0.15, 0.2) is 84.0 Å². The van der Waals surface area contributed by atoms with Gasteiger partial charge in [0.25, 0.3) is 0 Å². The Bertz CT molecular complexity index is 1050. The van der Waals surface area contributed by atoms with Crippen molar-refractivity contribution in [3.05, 3.63) is 122 Å². The van der Waals surface area contributed by atoms with Gasteiger partial charge in [0, 0.05) is 6.08 Å². The van der Waals surface area contributed by atoms with Crippen LogP contribution >= 0.6 is 0 Å². The molecule has 0 spiro atoms. The van der Waals surface area contributed by atoms with Gasteiger partial charge in [0.1, 0.15) is 0 Å². The van der Waals surface area contributed by atoms with Crippen LogP contribution in [0.5, 0.6) is 0 Å². The molecule has 0 aliphatic carbocycles. The first kappa shape index (κ1) is 47.5. The Balaban J connectivity index is -0.000000939. The largest absolute Gasteiger partial charge is 2.00 e. The van der Waals surface area contributed by atoms with Crippen molar-refractivity contribution in [1.29, 1.82) is 0 Å². The number of unbranched alkanes of at least 4 members (excludes halogenated alkanes) is 1. The molecule has 0 aromatic heterocycles. The summed E-state index contributed by atoms with van der Waals surface area (Å²) in [5.74, 6) is 0.198. The quantitative estimate of drug-likeness (QED) is 0.0347. The summed E-state index contributed by atoms with van der Waals surface area (Å²) in [7, 11) is 0. The van der Waals surface area contributed by atoms with Crippen LogP contribution in [0.3, 0.4) is 0 Å². The Kier molecular flexibility index (Phi) is 35.1. The van der Waals surface area contributed by atoms with Crippen LogP contribution < -0.4 is 0 Å². The second-order valence-corrected chi connectivity index (χ2v) is 9.72. The van der Waals surface area contributed by atoms with E-state index in [1.54, 1.807) is 12.5 Å². The third kappa shape index (κ3) is 22.2. The summed E-state index contributed by atoms with van der Waals surface area (Å²) in [6.07, 6.45) is 10.3. The Morgan fingerprint density at radius 3 is 1.77 bits per heavy atom. The topological polar surface area (TPSA) is 112 Å². The molecule has 0 saturated carbocycles. The average Bonchev–Trinajstić information content (AvgIpc) is 3.02. The first-order chi connectivity index (χ1) is 20.4. The molecule has 0 aliphatic rings. The zero-order valence-electron chi connectivity index (χ0n) is 26.3. The van der Waals surface area contributed by atoms with E-state index < -0.39 is 6.10 Å². The maximum atomic E-state index is 12.8. The van der Waals surface area contributed by atoms with Gasteiger partial charge in [-0.3, -0.25) is 0 Å². The standard InChI is InChI=1S/C32H41O4.3CO.CH3.Fe/c1-5-14-30(35-24-33)20-13-12-15-25(2)21-26(3)22-27(4)23-31(34)36-32(28-16-8-6-9-17-28)29-18-10-7-11-19-29;3*1-2;;/h6-11,16-19,22-23,25,30,32H,5,12-15,20-21H2,1-4H3;;;;1H3;/q-1;;;;-1;+2/b26-22+,27-23+;;;;;/t25-,30-;;;;;/m1...../s1. The third-order valence-corrected chi connectivity index (χ3v) is 6.23. The van der Waals surface area contributed by atoms with Crippen LogP contribution in [0.4, 0.5) is 0 Å². The third-order valence-electron chi connectivity index (χ3n) is 6.23. The number of benzene rings is 2. The second-order valence-electron chi connectivity index (χ2n) is 9.72. The van der Waals surface area contributed by atoms with Crippen molar-refractivity contribution in [3.63, 3.8) is 0 Å².